The molecule has 0 spiro atoms. The summed E-state index contributed by atoms with van der Waals surface area (Å²) in [6.45, 7) is 5.41. The van der Waals surface area contributed by atoms with Gasteiger partial charge in [0.05, 0.1) is 20.8 Å². The van der Waals surface area contributed by atoms with E-state index in [1.165, 1.54) is 32.4 Å². The minimum Gasteiger partial charge on any atom is -0.497 e. The Kier molecular flexibility index (Phi) is 9.04. The van der Waals surface area contributed by atoms with E-state index in [1.54, 1.807) is 14.2 Å². The first-order chi connectivity index (χ1) is 19.2. The van der Waals surface area contributed by atoms with E-state index in [2.05, 4.69) is 23.1 Å². The number of rotatable bonds is 9. The number of hydrogen-bond donors (Lipinski definition) is 0. The summed E-state index contributed by atoms with van der Waals surface area (Å²) >= 11 is 0. The van der Waals surface area contributed by atoms with Gasteiger partial charge in [0.25, 0.3) is 5.91 Å². The maximum atomic E-state index is 13.7. The van der Waals surface area contributed by atoms with Crippen molar-refractivity contribution < 1.29 is 19.0 Å². The Morgan fingerprint density at radius 2 is 1.64 bits per heavy atom. The van der Waals surface area contributed by atoms with Crippen molar-refractivity contribution in [3.8, 4) is 17.2 Å². The summed E-state index contributed by atoms with van der Waals surface area (Å²) in [4.78, 5) is 18.2. The molecule has 5 rings (SSSR count). The Bertz CT molecular complexity index is 1220. The zero-order valence-electron chi connectivity index (χ0n) is 23.2. The van der Waals surface area contributed by atoms with Crippen LogP contribution in [0.4, 0.5) is 0 Å². The molecule has 1 fully saturated rings. The van der Waals surface area contributed by atoms with Gasteiger partial charge in [-0.25, -0.2) is 0 Å². The largest absolute Gasteiger partial charge is 0.497 e. The van der Waals surface area contributed by atoms with E-state index in [0.717, 1.165) is 53.3 Å². The topological polar surface area (TPSA) is 51.2 Å². The third kappa shape index (κ3) is 6.56. The lowest BCUT2D eigenvalue weighted by Gasteiger charge is -2.27. The van der Waals surface area contributed by atoms with Crippen molar-refractivity contribution in [2.24, 2.45) is 0 Å². The summed E-state index contributed by atoms with van der Waals surface area (Å²) in [5.74, 6) is 2.41. The van der Waals surface area contributed by atoms with E-state index in [0.29, 0.717) is 25.3 Å². The average Bonchev–Trinajstić information content (AvgIpc) is 3.20. The van der Waals surface area contributed by atoms with E-state index in [-0.39, 0.29) is 11.8 Å². The molecule has 0 radical (unpaired) electrons. The number of likely N-dealkylation sites (tertiary alicyclic amines) is 1. The maximum Gasteiger partial charge on any atom is 0.253 e. The van der Waals surface area contributed by atoms with Crippen molar-refractivity contribution in [1.82, 2.24) is 9.80 Å². The molecule has 2 aliphatic rings. The molecule has 2 aliphatic heterocycles. The van der Waals surface area contributed by atoms with E-state index in [4.69, 9.17) is 14.2 Å². The molecule has 0 aromatic heterocycles. The molecule has 3 aromatic rings. The maximum absolute atomic E-state index is 13.7. The zero-order valence-corrected chi connectivity index (χ0v) is 23.2. The van der Waals surface area contributed by atoms with Crippen LogP contribution >= 0.6 is 0 Å². The van der Waals surface area contributed by atoms with Gasteiger partial charge in [0.2, 0.25) is 0 Å². The number of carbonyl (C=O) groups excluding carboxylic acids is 1. The standard InChI is InChI=1S/C33H40N2O4/c1-37-29-22-27-16-20-35(24-30(25-10-5-3-6-11-25)32(27)31(23-29)38-2)33(36)26-12-14-28(15-13-26)39-21-9-19-34-17-7-4-8-18-34/h3,5-6,10-15,22-23,30H,4,7-9,16-21,24H2,1-2H3. The molecule has 1 unspecified atom stereocenters. The molecule has 206 valence electrons. The molecule has 1 atom stereocenters. The highest BCUT2D eigenvalue weighted by molar-refractivity contribution is 5.94. The second kappa shape index (κ2) is 13.0. The molecule has 0 N–H and O–H groups in total. The first-order valence-electron chi connectivity index (χ1n) is 14.2. The van der Waals surface area contributed by atoms with Crippen LogP contribution in [-0.4, -0.2) is 69.3 Å². The van der Waals surface area contributed by atoms with Gasteiger partial charge in [-0.15, -0.1) is 0 Å². The lowest BCUT2D eigenvalue weighted by atomic mass is 9.87. The van der Waals surface area contributed by atoms with Crippen LogP contribution in [0.15, 0.2) is 66.7 Å². The Balaban J connectivity index is 1.28. The van der Waals surface area contributed by atoms with Crippen LogP contribution in [0.1, 0.15) is 58.6 Å². The summed E-state index contributed by atoms with van der Waals surface area (Å²) in [7, 11) is 3.37. The minimum absolute atomic E-state index is 0.00369. The van der Waals surface area contributed by atoms with Crippen molar-refractivity contribution in [1.29, 1.82) is 0 Å². The van der Waals surface area contributed by atoms with Crippen LogP contribution in [0.2, 0.25) is 0 Å². The molecule has 0 bridgehead atoms. The van der Waals surface area contributed by atoms with Gasteiger partial charge in [-0.05, 0) is 80.2 Å². The SMILES string of the molecule is COc1cc2c(c(OC)c1)C(c1ccccc1)CN(C(=O)c1ccc(OCCCN3CCCCC3)cc1)CC2. The summed E-state index contributed by atoms with van der Waals surface area (Å²) in [6.07, 6.45) is 5.74. The fourth-order valence-corrected chi connectivity index (χ4v) is 5.88. The second-order valence-electron chi connectivity index (χ2n) is 10.5. The number of amides is 1. The number of ether oxygens (including phenoxy) is 3. The van der Waals surface area contributed by atoms with Crippen molar-refractivity contribution >= 4 is 5.91 Å². The molecular weight excluding hydrogens is 488 g/mol. The first-order valence-corrected chi connectivity index (χ1v) is 14.2. The van der Waals surface area contributed by atoms with Crippen molar-refractivity contribution in [3.05, 3.63) is 89.0 Å². The lowest BCUT2D eigenvalue weighted by molar-refractivity contribution is 0.0756. The fraction of sp³-hybridized carbons (Fsp3) is 0.424. The van der Waals surface area contributed by atoms with Gasteiger partial charge in [-0.3, -0.25) is 4.79 Å². The predicted molar refractivity (Wildman–Crippen MR) is 154 cm³/mol. The van der Waals surface area contributed by atoms with Gasteiger partial charge in [-0.1, -0.05) is 36.8 Å². The molecule has 1 saturated heterocycles. The van der Waals surface area contributed by atoms with Crippen LogP contribution in [0.25, 0.3) is 0 Å². The Morgan fingerprint density at radius 3 is 2.36 bits per heavy atom. The van der Waals surface area contributed by atoms with Crippen LogP contribution in [0.5, 0.6) is 17.2 Å². The lowest BCUT2D eigenvalue weighted by Crippen LogP contribution is -2.35. The number of piperidine rings is 1. The number of benzene rings is 3. The molecule has 6 heteroatoms. The quantitative estimate of drug-likeness (QED) is 0.329. The summed E-state index contributed by atoms with van der Waals surface area (Å²) in [6, 6.07) is 22.0. The van der Waals surface area contributed by atoms with Gasteiger partial charge >= 0.3 is 0 Å². The molecule has 39 heavy (non-hydrogen) atoms. The van der Waals surface area contributed by atoms with Gasteiger partial charge in [0, 0.05) is 42.7 Å². The van der Waals surface area contributed by atoms with Gasteiger partial charge < -0.3 is 24.0 Å². The number of hydrogen-bond acceptors (Lipinski definition) is 5. The average molecular weight is 529 g/mol. The van der Waals surface area contributed by atoms with Crippen LogP contribution in [0, 0.1) is 0 Å². The third-order valence-corrected chi connectivity index (χ3v) is 7.99. The normalized spacial score (nSPS) is 17.7. The van der Waals surface area contributed by atoms with Crippen LogP contribution in [-0.2, 0) is 6.42 Å². The van der Waals surface area contributed by atoms with E-state index >= 15 is 0 Å². The highest BCUT2D eigenvalue weighted by atomic mass is 16.5. The first kappa shape index (κ1) is 27.1. The van der Waals surface area contributed by atoms with Crippen LogP contribution in [0.3, 0.4) is 0 Å². The minimum atomic E-state index is -0.00369. The van der Waals surface area contributed by atoms with E-state index < -0.39 is 0 Å². The molecule has 0 saturated carbocycles. The summed E-state index contributed by atoms with van der Waals surface area (Å²) in [5, 5.41) is 0. The smallest absolute Gasteiger partial charge is 0.253 e. The highest BCUT2D eigenvalue weighted by Gasteiger charge is 2.30. The number of fused-ring (bicyclic) bond motifs is 1. The monoisotopic (exact) mass is 528 g/mol. The van der Waals surface area contributed by atoms with E-state index in [9.17, 15) is 4.79 Å². The number of nitrogens with zero attached hydrogens (tertiary/aromatic N) is 2. The second-order valence-corrected chi connectivity index (χ2v) is 10.5. The van der Waals surface area contributed by atoms with E-state index in [1.807, 2.05) is 53.4 Å². The van der Waals surface area contributed by atoms with Crippen molar-refractivity contribution in [2.45, 2.75) is 38.0 Å². The Morgan fingerprint density at radius 1 is 0.872 bits per heavy atom. The Hall–Kier alpha value is -3.51. The highest BCUT2D eigenvalue weighted by Crippen LogP contribution is 2.40. The number of carbonyl (C=O) groups is 1. The Labute approximate surface area is 232 Å². The summed E-state index contributed by atoms with van der Waals surface area (Å²) < 4.78 is 17.4. The molecular formula is C33H40N2O4. The van der Waals surface area contributed by atoms with Crippen LogP contribution < -0.4 is 14.2 Å². The summed E-state index contributed by atoms with van der Waals surface area (Å²) in [5.41, 5.74) is 4.13. The fourth-order valence-electron chi connectivity index (χ4n) is 5.88. The molecule has 2 heterocycles. The van der Waals surface area contributed by atoms with Crippen molar-refractivity contribution in [2.75, 3.05) is 53.6 Å². The van der Waals surface area contributed by atoms with Gasteiger partial charge in [0.1, 0.15) is 17.2 Å². The van der Waals surface area contributed by atoms with Gasteiger partial charge in [-0.2, -0.15) is 0 Å². The predicted octanol–water partition coefficient (Wildman–Crippen LogP) is 5.79. The van der Waals surface area contributed by atoms with Crippen molar-refractivity contribution in [3.63, 3.8) is 0 Å². The van der Waals surface area contributed by atoms with Gasteiger partial charge in [0.15, 0.2) is 0 Å². The number of methoxy groups -OCH3 is 2. The zero-order chi connectivity index (χ0) is 27.0. The molecule has 3 aromatic carbocycles. The third-order valence-electron chi connectivity index (χ3n) is 7.99. The molecule has 0 aliphatic carbocycles. The molecule has 1 amide bonds. The molecule has 6 nitrogen and oxygen atoms in total.